The lowest BCUT2D eigenvalue weighted by Crippen LogP contribution is -2.13. The second kappa shape index (κ2) is 4.04. The lowest BCUT2D eigenvalue weighted by Gasteiger charge is -2.11. The molecule has 0 amide bonds. The number of hydrogen-bond acceptors (Lipinski definition) is 3. The molecule has 1 aromatic carbocycles. The Morgan fingerprint density at radius 2 is 2.25 bits per heavy atom. The maximum absolute atomic E-state index is 10.8. The molecular formula is C12H14O4. The third-order valence-corrected chi connectivity index (χ3v) is 2.81. The minimum Gasteiger partial charge on any atom is -0.481 e. The number of benzene rings is 1. The Morgan fingerprint density at radius 3 is 2.94 bits per heavy atom. The van der Waals surface area contributed by atoms with Gasteiger partial charge in [0, 0.05) is 5.56 Å². The molecule has 0 saturated heterocycles. The first kappa shape index (κ1) is 10.8. The molecule has 0 aromatic heterocycles. The highest BCUT2D eigenvalue weighted by Crippen LogP contribution is 2.38. The van der Waals surface area contributed by atoms with Crippen LogP contribution in [-0.4, -0.2) is 17.9 Å². The molecule has 0 spiro atoms. The van der Waals surface area contributed by atoms with Gasteiger partial charge in [-0.25, -0.2) is 0 Å². The minimum absolute atomic E-state index is 0.216. The van der Waals surface area contributed by atoms with Crippen LogP contribution in [-0.2, 0) is 11.2 Å². The van der Waals surface area contributed by atoms with Crippen LogP contribution in [0.1, 0.15) is 18.1 Å². The zero-order valence-corrected chi connectivity index (χ0v) is 9.32. The van der Waals surface area contributed by atoms with E-state index in [1.54, 1.807) is 6.92 Å². The van der Waals surface area contributed by atoms with Crippen LogP contribution in [0.5, 0.6) is 11.5 Å². The van der Waals surface area contributed by atoms with E-state index >= 15 is 0 Å². The number of carboxylic acid groups (broad SMARTS) is 1. The zero-order valence-electron chi connectivity index (χ0n) is 9.32. The highest BCUT2D eigenvalue weighted by atomic mass is 16.7. The summed E-state index contributed by atoms with van der Waals surface area (Å²) in [5, 5.41) is 8.91. The maximum atomic E-state index is 10.8. The third kappa shape index (κ3) is 1.83. The number of ether oxygens (including phenoxy) is 2. The number of aryl methyl sites for hydroxylation is 1. The van der Waals surface area contributed by atoms with Crippen LogP contribution >= 0.6 is 0 Å². The molecule has 0 fully saturated rings. The third-order valence-electron chi connectivity index (χ3n) is 2.81. The minimum atomic E-state index is -0.795. The van der Waals surface area contributed by atoms with Gasteiger partial charge in [0.1, 0.15) is 0 Å². The highest BCUT2D eigenvalue weighted by Gasteiger charge is 2.22. The molecule has 0 saturated carbocycles. The Bertz CT molecular complexity index is 425. The van der Waals surface area contributed by atoms with Crippen LogP contribution in [0.15, 0.2) is 12.1 Å². The topological polar surface area (TPSA) is 55.8 Å². The van der Waals surface area contributed by atoms with E-state index in [9.17, 15) is 4.79 Å². The van der Waals surface area contributed by atoms with Gasteiger partial charge in [0.05, 0.1) is 5.92 Å². The van der Waals surface area contributed by atoms with Crippen molar-refractivity contribution in [3.8, 4) is 11.5 Å². The molecule has 2 rings (SSSR count). The van der Waals surface area contributed by atoms with Gasteiger partial charge in [-0.05, 0) is 25.0 Å². The number of hydrogen-bond donors (Lipinski definition) is 1. The fraction of sp³-hybridized carbons (Fsp3) is 0.417. The lowest BCUT2D eigenvalue weighted by molar-refractivity contribution is -0.141. The van der Waals surface area contributed by atoms with Crippen molar-refractivity contribution in [1.82, 2.24) is 0 Å². The van der Waals surface area contributed by atoms with Crippen molar-refractivity contribution >= 4 is 5.97 Å². The molecule has 1 aliphatic rings. The van der Waals surface area contributed by atoms with Gasteiger partial charge in [-0.2, -0.15) is 0 Å². The second-order valence-corrected chi connectivity index (χ2v) is 4.04. The second-order valence-electron chi connectivity index (χ2n) is 4.04. The number of carboxylic acids is 1. The van der Waals surface area contributed by atoms with Gasteiger partial charge in [0.15, 0.2) is 11.5 Å². The monoisotopic (exact) mass is 222 g/mol. The number of aliphatic carboxylic acids is 1. The van der Waals surface area contributed by atoms with Gasteiger partial charge in [-0.3, -0.25) is 4.79 Å². The molecule has 0 radical (unpaired) electrons. The van der Waals surface area contributed by atoms with Crippen molar-refractivity contribution in [2.45, 2.75) is 20.3 Å². The molecule has 86 valence electrons. The molecule has 4 nitrogen and oxygen atoms in total. The first-order valence-corrected chi connectivity index (χ1v) is 5.20. The van der Waals surface area contributed by atoms with E-state index in [1.165, 1.54) is 0 Å². The summed E-state index contributed by atoms with van der Waals surface area (Å²) < 4.78 is 10.6. The highest BCUT2D eigenvalue weighted by molar-refractivity contribution is 5.70. The van der Waals surface area contributed by atoms with Gasteiger partial charge >= 0.3 is 5.97 Å². The van der Waals surface area contributed by atoms with Gasteiger partial charge in [0.2, 0.25) is 6.79 Å². The van der Waals surface area contributed by atoms with Crippen molar-refractivity contribution in [2.75, 3.05) is 6.79 Å². The van der Waals surface area contributed by atoms with Crippen molar-refractivity contribution < 1.29 is 19.4 Å². The van der Waals surface area contributed by atoms with E-state index < -0.39 is 11.9 Å². The Labute approximate surface area is 93.8 Å². The first-order valence-electron chi connectivity index (χ1n) is 5.20. The molecule has 16 heavy (non-hydrogen) atoms. The molecular weight excluding hydrogens is 208 g/mol. The number of fused-ring (bicyclic) bond motifs is 1. The fourth-order valence-electron chi connectivity index (χ4n) is 1.78. The Balaban J connectivity index is 2.33. The van der Waals surface area contributed by atoms with Gasteiger partial charge in [-0.15, -0.1) is 0 Å². The van der Waals surface area contributed by atoms with Crippen molar-refractivity contribution in [3.05, 3.63) is 23.3 Å². The van der Waals surface area contributed by atoms with E-state index in [0.717, 1.165) is 11.1 Å². The fourth-order valence-corrected chi connectivity index (χ4v) is 1.78. The van der Waals surface area contributed by atoms with Crippen molar-refractivity contribution in [1.29, 1.82) is 0 Å². The normalized spacial score (nSPS) is 14.9. The predicted octanol–water partition coefficient (Wildman–Crippen LogP) is 1.99. The maximum Gasteiger partial charge on any atom is 0.306 e. The Morgan fingerprint density at radius 1 is 1.50 bits per heavy atom. The van der Waals surface area contributed by atoms with E-state index in [4.69, 9.17) is 14.6 Å². The van der Waals surface area contributed by atoms with Crippen LogP contribution in [0.4, 0.5) is 0 Å². The molecule has 1 unspecified atom stereocenters. The largest absolute Gasteiger partial charge is 0.481 e. The molecule has 0 aliphatic carbocycles. The summed E-state index contributed by atoms with van der Waals surface area (Å²) in [6.07, 6.45) is 0.466. The first-order chi connectivity index (χ1) is 7.59. The molecule has 1 N–H and O–H groups in total. The van der Waals surface area contributed by atoms with Crippen LogP contribution < -0.4 is 9.47 Å². The predicted molar refractivity (Wildman–Crippen MR) is 57.8 cm³/mol. The molecule has 1 aliphatic heterocycles. The standard InChI is InChI=1S/C12H14O4/c1-7-3-4-10-11(16-6-15-10)9(7)5-8(2)12(13)14/h3-4,8H,5-6H2,1-2H3,(H,13,14). The lowest BCUT2D eigenvalue weighted by atomic mass is 9.96. The van der Waals surface area contributed by atoms with Gasteiger partial charge < -0.3 is 14.6 Å². The Kier molecular flexibility index (Phi) is 2.73. The molecule has 0 bridgehead atoms. The summed E-state index contributed by atoms with van der Waals surface area (Å²) >= 11 is 0. The SMILES string of the molecule is Cc1ccc2c(c1CC(C)C(=O)O)OCO2. The Hall–Kier alpha value is -1.71. The average molecular weight is 222 g/mol. The summed E-state index contributed by atoms with van der Waals surface area (Å²) in [5.41, 5.74) is 1.97. The number of rotatable bonds is 3. The summed E-state index contributed by atoms with van der Waals surface area (Å²) in [5.74, 6) is 0.191. The summed E-state index contributed by atoms with van der Waals surface area (Å²) in [6.45, 7) is 3.86. The molecule has 1 aromatic rings. The molecule has 1 heterocycles. The van der Waals surface area contributed by atoms with Crippen molar-refractivity contribution in [3.63, 3.8) is 0 Å². The van der Waals surface area contributed by atoms with E-state index in [-0.39, 0.29) is 6.79 Å². The van der Waals surface area contributed by atoms with Crippen LogP contribution in [0, 0.1) is 12.8 Å². The van der Waals surface area contributed by atoms with Crippen LogP contribution in [0.3, 0.4) is 0 Å². The van der Waals surface area contributed by atoms with E-state index in [2.05, 4.69) is 0 Å². The summed E-state index contributed by atoms with van der Waals surface area (Å²) in [4.78, 5) is 10.8. The van der Waals surface area contributed by atoms with E-state index in [1.807, 2.05) is 19.1 Å². The van der Waals surface area contributed by atoms with Crippen molar-refractivity contribution in [2.24, 2.45) is 5.92 Å². The molecule has 1 atom stereocenters. The molecule has 4 heteroatoms. The smallest absolute Gasteiger partial charge is 0.306 e. The van der Waals surface area contributed by atoms with Gasteiger partial charge in [-0.1, -0.05) is 13.0 Å². The summed E-state index contributed by atoms with van der Waals surface area (Å²) in [6, 6.07) is 3.78. The number of carbonyl (C=O) groups is 1. The average Bonchev–Trinajstić information content (AvgIpc) is 2.70. The quantitative estimate of drug-likeness (QED) is 0.849. The zero-order chi connectivity index (χ0) is 11.7. The van der Waals surface area contributed by atoms with E-state index in [0.29, 0.717) is 17.9 Å². The van der Waals surface area contributed by atoms with Gasteiger partial charge in [0.25, 0.3) is 0 Å². The van der Waals surface area contributed by atoms with Crippen LogP contribution in [0.25, 0.3) is 0 Å². The summed E-state index contributed by atoms with van der Waals surface area (Å²) in [7, 11) is 0. The van der Waals surface area contributed by atoms with Crippen LogP contribution in [0.2, 0.25) is 0 Å².